The topological polar surface area (TPSA) is 92.8 Å². The van der Waals surface area contributed by atoms with Gasteiger partial charge in [0, 0.05) is 10.2 Å². The van der Waals surface area contributed by atoms with Crippen LogP contribution in [0.5, 0.6) is 0 Å². The molecule has 0 saturated heterocycles. The van der Waals surface area contributed by atoms with Gasteiger partial charge in [-0.3, -0.25) is 19.3 Å². The van der Waals surface area contributed by atoms with Crippen molar-refractivity contribution in [1.82, 2.24) is 4.90 Å². The molecule has 1 atom stereocenters. The normalized spacial score (nSPS) is 13.8. The molecular formula is C20H13BrCl4N2O5. The molecule has 168 valence electrons. The summed E-state index contributed by atoms with van der Waals surface area (Å²) in [5, 5.41) is 1.74. The first-order chi connectivity index (χ1) is 15.0. The van der Waals surface area contributed by atoms with Gasteiger partial charge in [0.1, 0.15) is 6.04 Å². The van der Waals surface area contributed by atoms with E-state index >= 15 is 0 Å². The average Bonchev–Trinajstić information content (AvgIpc) is 3.00. The Balaban J connectivity index is 1.71. The van der Waals surface area contributed by atoms with Crippen LogP contribution < -0.4 is 5.32 Å². The molecule has 32 heavy (non-hydrogen) atoms. The Morgan fingerprint density at radius 3 is 2.06 bits per heavy atom. The number of halogens is 5. The number of amides is 3. The molecule has 1 aliphatic heterocycles. The number of carbonyl (C=O) groups is 4. The number of ether oxygens (including phenoxy) is 1. The fraction of sp³-hybridized carbons (Fsp3) is 0.200. The number of hydrogen-bond donors (Lipinski definition) is 1. The third-order valence-electron chi connectivity index (χ3n) is 4.67. The third kappa shape index (κ3) is 4.47. The maximum Gasteiger partial charge on any atom is 0.329 e. The summed E-state index contributed by atoms with van der Waals surface area (Å²) in [4.78, 5) is 50.9. The third-order valence-corrected chi connectivity index (χ3v) is 6.96. The number of hydrogen-bond acceptors (Lipinski definition) is 5. The second kappa shape index (κ2) is 9.57. The first kappa shape index (κ1) is 24.8. The van der Waals surface area contributed by atoms with Crippen LogP contribution in [0.25, 0.3) is 0 Å². The van der Waals surface area contributed by atoms with Gasteiger partial charge in [-0.15, -0.1) is 0 Å². The summed E-state index contributed by atoms with van der Waals surface area (Å²) in [6, 6.07) is 3.87. The number of nitrogens with zero attached hydrogens (tertiary/aromatic N) is 1. The van der Waals surface area contributed by atoms with Crippen molar-refractivity contribution in [1.29, 1.82) is 0 Å². The fourth-order valence-electron chi connectivity index (χ4n) is 3.03. The number of imide groups is 1. The molecule has 2 aromatic rings. The quantitative estimate of drug-likeness (QED) is 0.216. The van der Waals surface area contributed by atoms with Crippen LogP contribution in [-0.4, -0.2) is 41.2 Å². The molecule has 12 heteroatoms. The van der Waals surface area contributed by atoms with E-state index < -0.39 is 36.3 Å². The molecule has 1 aliphatic rings. The van der Waals surface area contributed by atoms with Crippen LogP contribution in [0.15, 0.2) is 22.7 Å². The van der Waals surface area contributed by atoms with E-state index in [9.17, 15) is 19.2 Å². The Bertz CT molecular complexity index is 1140. The lowest BCUT2D eigenvalue weighted by atomic mass is 10.1. The average molecular weight is 583 g/mol. The molecule has 0 spiro atoms. The highest BCUT2D eigenvalue weighted by atomic mass is 79.9. The van der Waals surface area contributed by atoms with Gasteiger partial charge in [-0.2, -0.15) is 0 Å². The minimum atomic E-state index is -1.37. The monoisotopic (exact) mass is 580 g/mol. The summed E-state index contributed by atoms with van der Waals surface area (Å²) in [7, 11) is 0. The summed E-state index contributed by atoms with van der Waals surface area (Å²) in [5.41, 5.74) is 0.837. The lowest BCUT2D eigenvalue weighted by Gasteiger charge is -2.20. The molecule has 2 aromatic carbocycles. The zero-order valence-electron chi connectivity index (χ0n) is 16.4. The second-order valence-corrected chi connectivity index (χ2v) is 9.20. The molecule has 0 aromatic heterocycles. The van der Waals surface area contributed by atoms with E-state index in [0.717, 1.165) is 10.0 Å². The van der Waals surface area contributed by atoms with Crippen LogP contribution in [0.2, 0.25) is 20.1 Å². The van der Waals surface area contributed by atoms with Crippen LogP contribution in [0.3, 0.4) is 0 Å². The van der Waals surface area contributed by atoms with Crippen molar-refractivity contribution in [3.8, 4) is 0 Å². The van der Waals surface area contributed by atoms with Gasteiger partial charge in [-0.1, -0.05) is 62.3 Å². The van der Waals surface area contributed by atoms with Gasteiger partial charge in [0.25, 0.3) is 17.7 Å². The summed E-state index contributed by atoms with van der Waals surface area (Å²) >= 11 is 27.4. The van der Waals surface area contributed by atoms with E-state index in [2.05, 4.69) is 21.2 Å². The molecule has 3 rings (SSSR count). The Labute approximate surface area is 211 Å². The molecule has 0 radical (unpaired) electrons. The van der Waals surface area contributed by atoms with Crippen LogP contribution >= 0.6 is 62.3 Å². The predicted octanol–water partition coefficient (Wildman–Crippen LogP) is 5.54. The highest BCUT2D eigenvalue weighted by Gasteiger charge is 2.45. The number of nitrogens with one attached hydrogen (secondary N) is 1. The van der Waals surface area contributed by atoms with Crippen LogP contribution in [-0.2, 0) is 14.3 Å². The molecule has 1 N–H and O–H groups in total. The molecule has 1 heterocycles. The number of esters is 1. The van der Waals surface area contributed by atoms with E-state index in [-0.39, 0.29) is 31.2 Å². The van der Waals surface area contributed by atoms with E-state index in [4.69, 9.17) is 51.1 Å². The van der Waals surface area contributed by atoms with E-state index in [0.29, 0.717) is 10.6 Å². The summed E-state index contributed by atoms with van der Waals surface area (Å²) in [5.74, 6) is -3.33. The zero-order valence-corrected chi connectivity index (χ0v) is 21.0. The molecule has 0 unspecified atom stereocenters. The first-order valence-electron chi connectivity index (χ1n) is 8.92. The summed E-state index contributed by atoms with van der Waals surface area (Å²) < 4.78 is 5.84. The smallest absolute Gasteiger partial charge is 0.329 e. The van der Waals surface area contributed by atoms with Gasteiger partial charge >= 0.3 is 5.97 Å². The van der Waals surface area contributed by atoms with Crippen molar-refractivity contribution in [2.75, 3.05) is 11.9 Å². The highest BCUT2D eigenvalue weighted by Crippen LogP contribution is 2.45. The predicted molar refractivity (Wildman–Crippen MR) is 125 cm³/mol. The summed E-state index contributed by atoms with van der Waals surface area (Å²) in [6.45, 7) is 2.44. The maximum absolute atomic E-state index is 12.8. The van der Waals surface area contributed by atoms with Crippen molar-refractivity contribution >= 4 is 91.7 Å². The highest BCUT2D eigenvalue weighted by molar-refractivity contribution is 9.10. The van der Waals surface area contributed by atoms with Crippen molar-refractivity contribution < 1.29 is 23.9 Å². The van der Waals surface area contributed by atoms with Gasteiger partial charge in [-0.05, 0) is 37.6 Å². The molecule has 0 bridgehead atoms. The van der Waals surface area contributed by atoms with Gasteiger partial charge in [-0.25, -0.2) is 4.79 Å². The Hall–Kier alpha value is -1.84. The minimum absolute atomic E-state index is 0.185. The fourth-order valence-corrected chi connectivity index (χ4v) is 4.52. The lowest BCUT2D eigenvalue weighted by Crippen LogP contribution is -2.44. The van der Waals surface area contributed by atoms with Gasteiger partial charge in [0.15, 0.2) is 6.61 Å². The number of carbonyl (C=O) groups excluding carboxylic acids is 4. The van der Waals surface area contributed by atoms with Crippen molar-refractivity contribution in [2.24, 2.45) is 0 Å². The van der Waals surface area contributed by atoms with Crippen molar-refractivity contribution in [3.63, 3.8) is 0 Å². The first-order valence-corrected chi connectivity index (χ1v) is 11.2. The number of rotatable bonds is 5. The molecule has 0 fully saturated rings. The Morgan fingerprint density at radius 2 is 1.56 bits per heavy atom. The van der Waals surface area contributed by atoms with Crippen LogP contribution in [0.1, 0.15) is 33.2 Å². The number of fused-ring (bicyclic) bond motifs is 1. The number of benzene rings is 2. The van der Waals surface area contributed by atoms with Crippen LogP contribution in [0.4, 0.5) is 5.69 Å². The molecule has 3 amide bonds. The maximum atomic E-state index is 12.8. The Morgan fingerprint density at radius 1 is 1.03 bits per heavy atom. The van der Waals surface area contributed by atoms with Crippen molar-refractivity contribution in [2.45, 2.75) is 19.9 Å². The molecule has 0 saturated carbocycles. The van der Waals surface area contributed by atoms with E-state index in [1.165, 1.54) is 6.92 Å². The van der Waals surface area contributed by atoms with Crippen molar-refractivity contribution in [3.05, 3.63) is 59.5 Å². The van der Waals surface area contributed by atoms with Gasteiger partial charge in [0.2, 0.25) is 0 Å². The van der Waals surface area contributed by atoms with Gasteiger partial charge < -0.3 is 10.1 Å². The Kier molecular flexibility index (Phi) is 7.41. The zero-order chi connectivity index (χ0) is 23.9. The summed E-state index contributed by atoms with van der Waals surface area (Å²) in [6.07, 6.45) is 0. The largest absolute Gasteiger partial charge is 0.454 e. The van der Waals surface area contributed by atoms with Crippen LogP contribution in [0, 0.1) is 6.92 Å². The molecular weight excluding hydrogens is 570 g/mol. The molecule has 0 aliphatic carbocycles. The minimum Gasteiger partial charge on any atom is -0.454 e. The SMILES string of the molecule is Cc1cc(Br)ccc1NC(=O)COC(=O)[C@H](C)N1C(=O)c2c(Cl)c(Cl)c(Cl)c(Cl)c2C1=O. The number of aryl methyl sites for hydroxylation is 1. The standard InChI is InChI=1S/C20H13BrCl4N2O5/c1-7-5-9(21)3-4-10(7)26-11(28)6-32-20(31)8(2)27-18(29)12-13(19(27)30)15(23)17(25)16(24)14(12)22/h3-5,8H,6H2,1-2H3,(H,26,28)/t8-/m0/s1. The number of anilines is 1. The van der Waals surface area contributed by atoms with E-state index in [1.807, 2.05) is 0 Å². The van der Waals surface area contributed by atoms with E-state index in [1.54, 1.807) is 25.1 Å². The lowest BCUT2D eigenvalue weighted by molar-refractivity contribution is -0.150. The van der Waals surface area contributed by atoms with Gasteiger partial charge in [0.05, 0.1) is 31.2 Å². The molecule has 7 nitrogen and oxygen atoms in total. The second-order valence-electron chi connectivity index (χ2n) is 6.78.